The summed E-state index contributed by atoms with van der Waals surface area (Å²) >= 11 is 0. The van der Waals surface area contributed by atoms with Crippen molar-refractivity contribution in [1.29, 1.82) is 0 Å². The number of nitrogens with two attached hydrogens (primary N) is 1. The number of ether oxygens (including phenoxy) is 2. The molecule has 0 amide bonds. The lowest BCUT2D eigenvalue weighted by atomic mass is 10.1. The fourth-order valence-corrected chi connectivity index (χ4v) is 3.00. The molecule has 2 N–H and O–H groups in total. The number of hydrogen-bond acceptors (Lipinski definition) is 3. The molecule has 0 saturated carbocycles. The number of nitrogens with zero attached hydrogens (tertiary/aromatic N) is 1. The Hall–Kier alpha value is -2.04. The lowest BCUT2D eigenvalue weighted by Gasteiger charge is -2.08. The molecule has 0 radical (unpaired) electrons. The maximum atomic E-state index is 5.96. The molecule has 4 nitrogen and oxygen atoms in total. The van der Waals surface area contributed by atoms with Crippen molar-refractivity contribution in [2.45, 2.75) is 19.9 Å². The van der Waals surface area contributed by atoms with E-state index in [1.807, 2.05) is 13.0 Å². The second kappa shape index (κ2) is 7.49. The van der Waals surface area contributed by atoms with Crippen LogP contribution in [-0.4, -0.2) is 31.0 Å². The fourth-order valence-electron chi connectivity index (χ4n) is 3.00. The Kier molecular flexibility index (Phi) is 5.16. The molecule has 0 aliphatic rings. The van der Waals surface area contributed by atoms with E-state index >= 15 is 0 Å². The minimum Gasteiger partial charge on any atom is -0.399 e. The number of fused-ring (bicyclic) bond motifs is 3. The third-order valence-corrected chi connectivity index (χ3v) is 4.04. The van der Waals surface area contributed by atoms with Gasteiger partial charge < -0.3 is 19.8 Å². The molecule has 0 spiro atoms. The zero-order valence-corrected chi connectivity index (χ0v) is 13.6. The van der Waals surface area contributed by atoms with E-state index in [1.54, 1.807) is 0 Å². The number of aryl methyl sites for hydroxylation is 1. The van der Waals surface area contributed by atoms with Crippen molar-refractivity contribution < 1.29 is 9.47 Å². The fraction of sp³-hybridized carbons (Fsp3) is 0.368. The smallest absolute Gasteiger partial charge is 0.0700 e. The van der Waals surface area contributed by atoms with Crippen LogP contribution < -0.4 is 5.73 Å². The molecule has 2 aromatic carbocycles. The molecule has 0 bridgehead atoms. The third-order valence-electron chi connectivity index (χ3n) is 4.04. The molecular weight excluding hydrogens is 288 g/mol. The van der Waals surface area contributed by atoms with Gasteiger partial charge in [-0.25, -0.2) is 0 Å². The van der Waals surface area contributed by atoms with Crippen molar-refractivity contribution in [2.75, 3.05) is 32.2 Å². The van der Waals surface area contributed by atoms with Gasteiger partial charge in [0, 0.05) is 47.3 Å². The van der Waals surface area contributed by atoms with Gasteiger partial charge in [-0.1, -0.05) is 18.2 Å². The molecule has 0 saturated heterocycles. The quantitative estimate of drug-likeness (QED) is 0.508. The van der Waals surface area contributed by atoms with Crippen molar-refractivity contribution in [3.05, 3.63) is 42.5 Å². The van der Waals surface area contributed by atoms with Crippen molar-refractivity contribution in [2.24, 2.45) is 0 Å². The Bertz CT molecular complexity index is 779. The highest BCUT2D eigenvalue weighted by Gasteiger charge is 2.09. The molecule has 0 aliphatic carbocycles. The van der Waals surface area contributed by atoms with Gasteiger partial charge in [0.15, 0.2) is 0 Å². The van der Waals surface area contributed by atoms with Crippen molar-refractivity contribution in [1.82, 2.24) is 4.57 Å². The van der Waals surface area contributed by atoms with E-state index in [2.05, 4.69) is 41.0 Å². The Morgan fingerprint density at radius 3 is 2.57 bits per heavy atom. The predicted octanol–water partition coefficient (Wildman–Crippen LogP) is 3.82. The van der Waals surface area contributed by atoms with Gasteiger partial charge in [0.1, 0.15) is 0 Å². The first kappa shape index (κ1) is 15.8. The second-order valence-corrected chi connectivity index (χ2v) is 5.61. The molecule has 1 aromatic heterocycles. The Morgan fingerprint density at radius 1 is 0.913 bits per heavy atom. The summed E-state index contributed by atoms with van der Waals surface area (Å²) in [4.78, 5) is 0. The minimum atomic E-state index is 0.664. The van der Waals surface area contributed by atoms with E-state index < -0.39 is 0 Å². The van der Waals surface area contributed by atoms with E-state index in [9.17, 15) is 0 Å². The number of hydrogen-bond donors (Lipinski definition) is 1. The molecule has 3 rings (SSSR count). The van der Waals surface area contributed by atoms with Crippen LogP contribution in [-0.2, 0) is 16.0 Å². The average Bonchev–Trinajstić information content (AvgIpc) is 2.88. The maximum Gasteiger partial charge on any atom is 0.0700 e. The van der Waals surface area contributed by atoms with Gasteiger partial charge in [-0.15, -0.1) is 0 Å². The zero-order chi connectivity index (χ0) is 16.1. The summed E-state index contributed by atoms with van der Waals surface area (Å²) in [5.41, 5.74) is 9.25. The molecule has 122 valence electrons. The van der Waals surface area contributed by atoms with Crippen molar-refractivity contribution in [3.8, 4) is 0 Å². The molecule has 0 fully saturated rings. The number of rotatable bonds is 8. The standard InChI is InChI=1S/C19H24N2O2/c1-2-22-12-13-23-11-5-10-21-18-7-4-3-6-16(18)17-14-15(20)8-9-19(17)21/h3-4,6-9,14H,2,5,10-13,20H2,1H3. The summed E-state index contributed by atoms with van der Waals surface area (Å²) in [6.07, 6.45) is 0.976. The average molecular weight is 312 g/mol. The van der Waals surface area contributed by atoms with Gasteiger partial charge in [0.05, 0.1) is 13.2 Å². The maximum absolute atomic E-state index is 5.96. The molecule has 4 heteroatoms. The monoisotopic (exact) mass is 312 g/mol. The first-order valence-corrected chi connectivity index (χ1v) is 8.23. The predicted molar refractivity (Wildman–Crippen MR) is 95.8 cm³/mol. The van der Waals surface area contributed by atoms with Crippen LogP contribution in [0.4, 0.5) is 5.69 Å². The Labute approximate surface area is 136 Å². The van der Waals surface area contributed by atoms with Crippen molar-refractivity contribution in [3.63, 3.8) is 0 Å². The number of anilines is 1. The summed E-state index contributed by atoms with van der Waals surface area (Å²) < 4.78 is 13.2. The molecule has 23 heavy (non-hydrogen) atoms. The SMILES string of the molecule is CCOCCOCCCn1c2ccccc2c2cc(N)ccc21. The highest BCUT2D eigenvalue weighted by atomic mass is 16.5. The lowest BCUT2D eigenvalue weighted by Crippen LogP contribution is -2.07. The third kappa shape index (κ3) is 3.49. The lowest BCUT2D eigenvalue weighted by molar-refractivity contribution is 0.0510. The van der Waals surface area contributed by atoms with Gasteiger partial charge in [-0.3, -0.25) is 0 Å². The number of benzene rings is 2. The van der Waals surface area contributed by atoms with E-state index in [0.29, 0.717) is 13.2 Å². The van der Waals surface area contributed by atoms with Crippen LogP contribution in [0.1, 0.15) is 13.3 Å². The largest absolute Gasteiger partial charge is 0.399 e. The first-order chi connectivity index (χ1) is 11.3. The minimum absolute atomic E-state index is 0.664. The summed E-state index contributed by atoms with van der Waals surface area (Å²) in [5, 5.41) is 2.48. The molecule has 0 aliphatic heterocycles. The number of aromatic nitrogens is 1. The highest BCUT2D eigenvalue weighted by Crippen LogP contribution is 2.30. The summed E-state index contributed by atoms with van der Waals surface area (Å²) in [7, 11) is 0. The normalized spacial score (nSPS) is 11.5. The van der Waals surface area contributed by atoms with Crippen LogP contribution in [0.25, 0.3) is 21.8 Å². The van der Waals surface area contributed by atoms with E-state index in [4.69, 9.17) is 15.2 Å². The van der Waals surface area contributed by atoms with Crippen molar-refractivity contribution >= 4 is 27.5 Å². The van der Waals surface area contributed by atoms with Crippen LogP contribution >= 0.6 is 0 Å². The number of nitrogen functional groups attached to an aromatic ring is 1. The summed E-state index contributed by atoms with van der Waals surface area (Å²) in [6, 6.07) is 14.6. The van der Waals surface area contributed by atoms with Crippen LogP contribution in [0, 0.1) is 0 Å². The zero-order valence-electron chi connectivity index (χ0n) is 13.6. The Balaban J connectivity index is 1.74. The Morgan fingerprint density at radius 2 is 1.70 bits per heavy atom. The molecular formula is C19H24N2O2. The van der Waals surface area contributed by atoms with Crippen LogP contribution in [0.3, 0.4) is 0 Å². The molecule has 0 unspecified atom stereocenters. The summed E-state index contributed by atoms with van der Waals surface area (Å²) in [6.45, 7) is 5.75. The van der Waals surface area contributed by atoms with Gasteiger partial charge >= 0.3 is 0 Å². The summed E-state index contributed by atoms with van der Waals surface area (Å²) in [5.74, 6) is 0. The molecule has 1 heterocycles. The van der Waals surface area contributed by atoms with Gasteiger partial charge in [0.2, 0.25) is 0 Å². The molecule has 3 aromatic rings. The van der Waals surface area contributed by atoms with Crippen LogP contribution in [0.15, 0.2) is 42.5 Å². The van der Waals surface area contributed by atoms with Gasteiger partial charge in [-0.05, 0) is 37.6 Å². The first-order valence-electron chi connectivity index (χ1n) is 8.23. The second-order valence-electron chi connectivity index (χ2n) is 5.61. The van der Waals surface area contributed by atoms with Crippen LogP contribution in [0.2, 0.25) is 0 Å². The van der Waals surface area contributed by atoms with E-state index in [1.165, 1.54) is 21.8 Å². The van der Waals surface area contributed by atoms with E-state index in [-0.39, 0.29) is 0 Å². The van der Waals surface area contributed by atoms with Gasteiger partial charge in [-0.2, -0.15) is 0 Å². The van der Waals surface area contributed by atoms with Gasteiger partial charge in [0.25, 0.3) is 0 Å². The van der Waals surface area contributed by atoms with Crippen LogP contribution in [0.5, 0.6) is 0 Å². The molecule has 0 atom stereocenters. The van der Waals surface area contributed by atoms with E-state index in [0.717, 1.165) is 31.9 Å². The highest BCUT2D eigenvalue weighted by molar-refractivity contribution is 6.08. The topological polar surface area (TPSA) is 49.4 Å². The number of para-hydroxylation sites is 1.